The number of carboxylic acid groups (broad SMARTS) is 1. The maximum atomic E-state index is 12.5. The number of fused-ring (bicyclic) bond motifs is 3. The van der Waals surface area contributed by atoms with Gasteiger partial charge in [-0.3, -0.25) is 4.79 Å². The van der Waals surface area contributed by atoms with E-state index in [0.717, 1.165) is 11.6 Å². The Bertz CT molecular complexity index is 965. The molecule has 0 saturated carbocycles. The first-order chi connectivity index (χ1) is 9.99. The van der Waals surface area contributed by atoms with Gasteiger partial charge in [-0.25, -0.2) is 4.79 Å². The molecule has 1 aromatic heterocycles. The van der Waals surface area contributed by atoms with Crippen LogP contribution in [0.25, 0.3) is 27.3 Å². The zero-order valence-corrected chi connectivity index (χ0v) is 10.8. The fraction of sp³-hybridized carbons (Fsp3) is 0. The molecule has 0 atom stereocenters. The number of carbonyl (C=O) groups is 1. The topological polar surface area (TPSA) is 87.7 Å². The molecule has 2 N–H and O–H groups in total. The van der Waals surface area contributed by atoms with E-state index in [1.165, 1.54) is 12.1 Å². The van der Waals surface area contributed by atoms with Gasteiger partial charge in [0.25, 0.3) is 0 Å². The van der Waals surface area contributed by atoms with Crippen LogP contribution in [0.1, 0.15) is 5.56 Å². The summed E-state index contributed by atoms with van der Waals surface area (Å²) in [4.78, 5) is 23.5. The van der Waals surface area contributed by atoms with Crippen molar-refractivity contribution < 1.29 is 19.4 Å². The highest BCUT2D eigenvalue weighted by Crippen LogP contribution is 2.27. The average molecular weight is 282 g/mol. The van der Waals surface area contributed by atoms with Gasteiger partial charge >= 0.3 is 5.97 Å². The van der Waals surface area contributed by atoms with Gasteiger partial charge in [0, 0.05) is 5.39 Å². The molecule has 0 aliphatic rings. The molecule has 0 aliphatic carbocycles. The van der Waals surface area contributed by atoms with E-state index in [2.05, 4.69) is 6.58 Å². The highest BCUT2D eigenvalue weighted by Gasteiger charge is 2.16. The molecule has 3 rings (SSSR count). The van der Waals surface area contributed by atoms with E-state index in [4.69, 9.17) is 9.52 Å². The van der Waals surface area contributed by atoms with Gasteiger partial charge in [0.2, 0.25) is 5.43 Å². The van der Waals surface area contributed by atoms with Crippen molar-refractivity contribution in [2.24, 2.45) is 0 Å². The fourth-order valence-electron chi connectivity index (χ4n) is 2.25. The number of phenolic OH excluding ortho intramolecular Hbond substituents is 1. The molecule has 5 nitrogen and oxygen atoms in total. The molecule has 104 valence electrons. The van der Waals surface area contributed by atoms with Gasteiger partial charge in [-0.2, -0.15) is 0 Å². The van der Waals surface area contributed by atoms with Gasteiger partial charge in [0.1, 0.15) is 17.6 Å². The summed E-state index contributed by atoms with van der Waals surface area (Å²) in [5, 5.41) is 20.0. The van der Waals surface area contributed by atoms with Crippen molar-refractivity contribution in [3.8, 4) is 5.75 Å². The summed E-state index contributed by atoms with van der Waals surface area (Å²) >= 11 is 0. The average Bonchev–Trinajstić information content (AvgIpc) is 2.46. The van der Waals surface area contributed by atoms with E-state index in [1.807, 2.05) is 0 Å². The number of hydrogen-bond acceptors (Lipinski definition) is 4. The van der Waals surface area contributed by atoms with Crippen molar-refractivity contribution >= 4 is 33.3 Å². The molecule has 3 aromatic rings. The standard InChI is InChI=1S/C16H10O5/c1-8(16(19)20)12-7-21-13-5-3-9-2-4-10(17)6-11(9)14(13)15(12)18/h2-7,17H,1H2,(H,19,20). The number of carboxylic acids is 1. The predicted octanol–water partition coefficient (Wildman–Crippen LogP) is 2.75. The van der Waals surface area contributed by atoms with Crippen LogP contribution in [0.5, 0.6) is 5.75 Å². The van der Waals surface area contributed by atoms with E-state index < -0.39 is 11.4 Å². The first-order valence-electron chi connectivity index (χ1n) is 6.09. The summed E-state index contributed by atoms with van der Waals surface area (Å²) in [5.74, 6) is -1.28. The SMILES string of the molecule is C=C(C(=O)O)c1coc2ccc3ccc(O)cc3c2c1=O. The first-order valence-corrected chi connectivity index (χ1v) is 6.09. The van der Waals surface area contributed by atoms with Crippen molar-refractivity contribution in [3.05, 3.63) is 59.0 Å². The smallest absolute Gasteiger partial charge is 0.335 e. The second kappa shape index (κ2) is 4.49. The van der Waals surface area contributed by atoms with Gasteiger partial charge in [-0.05, 0) is 23.6 Å². The van der Waals surface area contributed by atoms with Crippen molar-refractivity contribution in [3.63, 3.8) is 0 Å². The number of aromatic hydroxyl groups is 1. The Labute approximate surface area is 118 Å². The lowest BCUT2D eigenvalue weighted by Gasteiger charge is -2.05. The van der Waals surface area contributed by atoms with Gasteiger partial charge in [-0.15, -0.1) is 0 Å². The molecule has 0 bridgehead atoms. The first kappa shape index (κ1) is 12.9. The van der Waals surface area contributed by atoms with Crippen molar-refractivity contribution in [1.82, 2.24) is 0 Å². The normalized spacial score (nSPS) is 10.9. The molecule has 0 radical (unpaired) electrons. The molecule has 21 heavy (non-hydrogen) atoms. The lowest BCUT2D eigenvalue weighted by atomic mass is 10.0. The molecule has 2 aromatic carbocycles. The van der Waals surface area contributed by atoms with Gasteiger partial charge in [-0.1, -0.05) is 18.7 Å². The predicted molar refractivity (Wildman–Crippen MR) is 78.3 cm³/mol. The minimum atomic E-state index is -1.29. The summed E-state index contributed by atoms with van der Waals surface area (Å²) in [5.41, 5.74) is -0.603. The number of aliphatic carboxylic acids is 1. The maximum Gasteiger partial charge on any atom is 0.335 e. The summed E-state index contributed by atoms with van der Waals surface area (Å²) in [7, 11) is 0. The zero-order chi connectivity index (χ0) is 15.1. The minimum absolute atomic E-state index is 0.0110. The van der Waals surface area contributed by atoms with E-state index in [9.17, 15) is 14.7 Å². The highest BCUT2D eigenvalue weighted by molar-refractivity contribution is 6.15. The number of rotatable bonds is 2. The van der Waals surface area contributed by atoms with E-state index >= 15 is 0 Å². The summed E-state index contributed by atoms with van der Waals surface area (Å²) in [6.45, 7) is 3.38. The second-order valence-corrected chi connectivity index (χ2v) is 4.61. The van der Waals surface area contributed by atoms with E-state index in [0.29, 0.717) is 11.0 Å². The van der Waals surface area contributed by atoms with E-state index in [-0.39, 0.29) is 22.3 Å². The number of phenols is 1. The summed E-state index contributed by atoms with van der Waals surface area (Å²) < 4.78 is 5.34. The third-order valence-corrected chi connectivity index (χ3v) is 3.33. The Hall–Kier alpha value is -3.08. The number of hydrogen-bond donors (Lipinski definition) is 2. The summed E-state index contributed by atoms with van der Waals surface area (Å²) in [6.07, 6.45) is 1.09. The van der Waals surface area contributed by atoms with Gasteiger partial charge in [0.15, 0.2) is 0 Å². The Balaban J connectivity index is 2.49. The molecule has 0 unspecified atom stereocenters. The molecule has 0 saturated heterocycles. The van der Waals surface area contributed by atoms with Gasteiger partial charge < -0.3 is 14.6 Å². The Morgan fingerprint density at radius 1 is 1.19 bits per heavy atom. The Morgan fingerprint density at radius 2 is 1.90 bits per heavy atom. The maximum absolute atomic E-state index is 12.5. The van der Waals surface area contributed by atoms with Crippen LogP contribution in [0.4, 0.5) is 0 Å². The zero-order valence-electron chi connectivity index (χ0n) is 10.8. The molecular formula is C16H10O5. The monoisotopic (exact) mass is 282 g/mol. The van der Waals surface area contributed by atoms with Crippen LogP contribution in [0.15, 0.2) is 52.4 Å². The van der Waals surface area contributed by atoms with Crippen molar-refractivity contribution in [1.29, 1.82) is 0 Å². The molecule has 0 amide bonds. The third-order valence-electron chi connectivity index (χ3n) is 3.33. The molecule has 0 spiro atoms. The van der Waals surface area contributed by atoms with E-state index in [1.54, 1.807) is 18.2 Å². The van der Waals surface area contributed by atoms with Crippen LogP contribution in [-0.2, 0) is 4.79 Å². The van der Waals surface area contributed by atoms with Crippen LogP contribution >= 0.6 is 0 Å². The van der Waals surface area contributed by atoms with Crippen LogP contribution in [-0.4, -0.2) is 16.2 Å². The largest absolute Gasteiger partial charge is 0.508 e. The molecular weight excluding hydrogens is 272 g/mol. The lowest BCUT2D eigenvalue weighted by Crippen LogP contribution is -2.12. The Kier molecular flexibility index (Phi) is 2.76. The van der Waals surface area contributed by atoms with Crippen LogP contribution in [0, 0.1) is 0 Å². The Morgan fingerprint density at radius 3 is 2.62 bits per heavy atom. The van der Waals surface area contributed by atoms with Gasteiger partial charge in [0.05, 0.1) is 16.5 Å². The van der Waals surface area contributed by atoms with Crippen LogP contribution in [0.3, 0.4) is 0 Å². The quantitative estimate of drug-likeness (QED) is 0.557. The highest BCUT2D eigenvalue weighted by atomic mass is 16.4. The number of benzene rings is 2. The summed E-state index contributed by atoms with van der Waals surface area (Å²) in [6, 6.07) is 8.01. The lowest BCUT2D eigenvalue weighted by molar-refractivity contribution is -0.130. The fourth-order valence-corrected chi connectivity index (χ4v) is 2.25. The third kappa shape index (κ3) is 1.95. The molecule has 1 heterocycles. The molecule has 5 heteroatoms. The second-order valence-electron chi connectivity index (χ2n) is 4.61. The molecule has 0 fully saturated rings. The van der Waals surface area contributed by atoms with Crippen molar-refractivity contribution in [2.75, 3.05) is 0 Å². The van der Waals surface area contributed by atoms with Crippen molar-refractivity contribution in [2.45, 2.75) is 0 Å². The van der Waals surface area contributed by atoms with Crippen LogP contribution < -0.4 is 5.43 Å². The molecule has 0 aliphatic heterocycles. The minimum Gasteiger partial charge on any atom is -0.508 e. The van der Waals surface area contributed by atoms with Crippen LogP contribution in [0.2, 0.25) is 0 Å².